The zero-order valence-corrected chi connectivity index (χ0v) is 14.7. The monoisotopic (exact) mass is 362 g/mol. The summed E-state index contributed by atoms with van der Waals surface area (Å²) in [5.41, 5.74) is 1.63. The topological polar surface area (TPSA) is 67.3 Å². The maximum atomic E-state index is 13.8. The molecule has 0 N–H and O–H groups in total. The van der Waals surface area contributed by atoms with Crippen molar-refractivity contribution in [1.82, 2.24) is 9.88 Å². The highest BCUT2D eigenvalue weighted by molar-refractivity contribution is 7.91. The first-order valence-corrected chi connectivity index (χ1v) is 9.83. The first-order chi connectivity index (χ1) is 11.9. The second-order valence-corrected chi connectivity index (χ2v) is 8.55. The number of halogens is 1. The molecule has 1 aromatic heterocycles. The van der Waals surface area contributed by atoms with Gasteiger partial charge in [-0.2, -0.15) is 0 Å². The van der Waals surface area contributed by atoms with Crippen LogP contribution in [-0.4, -0.2) is 48.8 Å². The molecule has 0 aliphatic carbocycles. The van der Waals surface area contributed by atoms with Crippen LogP contribution in [0.4, 0.5) is 4.39 Å². The van der Waals surface area contributed by atoms with Gasteiger partial charge >= 0.3 is 0 Å². The van der Waals surface area contributed by atoms with E-state index < -0.39 is 9.84 Å². The van der Waals surface area contributed by atoms with E-state index in [0.29, 0.717) is 24.0 Å². The lowest BCUT2D eigenvalue weighted by Gasteiger charge is -2.23. The van der Waals surface area contributed by atoms with Gasteiger partial charge in [-0.1, -0.05) is 18.2 Å². The molecule has 1 aromatic carbocycles. The summed E-state index contributed by atoms with van der Waals surface area (Å²) in [4.78, 5) is 18.2. The Kier molecular flexibility index (Phi) is 4.85. The van der Waals surface area contributed by atoms with Crippen molar-refractivity contribution in [3.8, 4) is 0 Å². The molecule has 0 radical (unpaired) electrons. The van der Waals surface area contributed by atoms with Gasteiger partial charge in [0.1, 0.15) is 5.82 Å². The molecule has 0 unspecified atom stereocenters. The molecule has 2 aromatic rings. The first-order valence-electron chi connectivity index (χ1n) is 8.00. The fourth-order valence-electron chi connectivity index (χ4n) is 3.01. The Hall–Kier alpha value is -2.28. The number of sulfone groups is 1. The number of hydrogen-bond donors (Lipinski definition) is 0. The highest BCUT2D eigenvalue weighted by Crippen LogP contribution is 2.19. The normalized spacial score (nSPS) is 18.9. The van der Waals surface area contributed by atoms with Gasteiger partial charge < -0.3 is 4.90 Å². The minimum atomic E-state index is -3.06. The van der Waals surface area contributed by atoms with Gasteiger partial charge in [0.05, 0.1) is 17.1 Å². The molecule has 0 saturated carbocycles. The summed E-state index contributed by atoms with van der Waals surface area (Å²) in [6, 6.07) is 7.84. The molecule has 132 valence electrons. The largest absolute Gasteiger partial charge is 0.338 e. The summed E-state index contributed by atoms with van der Waals surface area (Å²) in [5, 5.41) is 0. The van der Waals surface area contributed by atoms with Crippen molar-refractivity contribution in [2.24, 2.45) is 0 Å². The average molecular weight is 362 g/mol. The predicted molar refractivity (Wildman–Crippen MR) is 92.6 cm³/mol. The van der Waals surface area contributed by atoms with E-state index in [-0.39, 0.29) is 29.3 Å². The Morgan fingerprint density at radius 2 is 2.08 bits per heavy atom. The van der Waals surface area contributed by atoms with E-state index in [2.05, 4.69) is 4.98 Å². The Balaban J connectivity index is 1.77. The summed E-state index contributed by atoms with van der Waals surface area (Å²) >= 11 is 0. The number of pyridine rings is 1. The summed E-state index contributed by atoms with van der Waals surface area (Å²) in [7, 11) is -1.45. The van der Waals surface area contributed by atoms with Crippen molar-refractivity contribution < 1.29 is 17.6 Å². The van der Waals surface area contributed by atoms with E-state index in [9.17, 15) is 17.6 Å². The van der Waals surface area contributed by atoms with Crippen LogP contribution in [0.25, 0.3) is 0 Å². The van der Waals surface area contributed by atoms with Gasteiger partial charge in [-0.3, -0.25) is 9.78 Å². The highest BCUT2D eigenvalue weighted by atomic mass is 32.2. The van der Waals surface area contributed by atoms with Crippen molar-refractivity contribution in [2.75, 3.05) is 18.6 Å². The molecule has 1 saturated heterocycles. The van der Waals surface area contributed by atoms with E-state index in [1.54, 1.807) is 37.5 Å². The standard InChI is InChI=1S/C18H19FN2O3S/c1-21(16-6-7-25(23,24)12-16)18(22)15-9-13(10-20-11-15)8-14-4-2-3-5-17(14)19/h2-5,9-11,16H,6-8,12H2,1H3/t16-/m1/s1. The molecule has 1 fully saturated rings. The van der Waals surface area contributed by atoms with Gasteiger partial charge in [-0.25, -0.2) is 12.8 Å². The van der Waals surface area contributed by atoms with Crippen molar-refractivity contribution in [3.05, 3.63) is 65.2 Å². The fraction of sp³-hybridized carbons (Fsp3) is 0.333. The van der Waals surface area contributed by atoms with Crippen LogP contribution < -0.4 is 0 Å². The number of carbonyl (C=O) groups is 1. The van der Waals surface area contributed by atoms with Crippen LogP contribution in [0.3, 0.4) is 0 Å². The third-order valence-corrected chi connectivity index (χ3v) is 6.22. The van der Waals surface area contributed by atoms with Crippen molar-refractivity contribution >= 4 is 15.7 Å². The lowest BCUT2D eigenvalue weighted by atomic mass is 10.0. The van der Waals surface area contributed by atoms with Crippen LogP contribution in [-0.2, 0) is 16.3 Å². The second kappa shape index (κ2) is 6.92. The van der Waals surface area contributed by atoms with E-state index >= 15 is 0 Å². The molecule has 1 amide bonds. The average Bonchev–Trinajstić information content (AvgIpc) is 2.96. The number of amides is 1. The molecular weight excluding hydrogens is 343 g/mol. The maximum absolute atomic E-state index is 13.8. The Labute approximate surface area is 146 Å². The van der Waals surface area contributed by atoms with Crippen LogP contribution >= 0.6 is 0 Å². The second-order valence-electron chi connectivity index (χ2n) is 6.32. The molecule has 25 heavy (non-hydrogen) atoms. The quantitative estimate of drug-likeness (QED) is 0.835. The van der Waals surface area contributed by atoms with Gasteiger partial charge in [0.25, 0.3) is 5.91 Å². The van der Waals surface area contributed by atoms with Crippen LogP contribution in [0, 0.1) is 5.82 Å². The van der Waals surface area contributed by atoms with E-state index in [1.807, 2.05) is 0 Å². The van der Waals surface area contributed by atoms with Gasteiger partial charge in [0, 0.05) is 31.9 Å². The summed E-state index contributed by atoms with van der Waals surface area (Å²) in [6.07, 6.45) is 3.84. The summed E-state index contributed by atoms with van der Waals surface area (Å²) < 4.78 is 37.0. The molecule has 2 heterocycles. The number of aromatic nitrogens is 1. The van der Waals surface area contributed by atoms with Crippen LogP contribution in [0.1, 0.15) is 27.9 Å². The fourth-order valence-corrected chi connectivity index (χ4v) is 4.79. The molecule has 1 aliphatic heterocycles. The van der Waals surface area contributed by atoms with E-state index in [4.69, 9.17) is 0 Å². The molecule has 1 aliphatic rings. The van der Waals surface area contributed by atoms with Gasteiger partial charge in [0.15, 0.2) is 9.84 Å². The maximum Gasteiger partial charge on any atom is 0.255 e. The Bertz CT molecular complexity index is 899. The third kappa shape index (κ3) is 4.04. The third-order valence-electron chi connectivity index (χ3n) is 4.47. The number of rotatable bonds is 4. The molecule has 1 atom stereocenters. The van der Waals surface area contributed by atoms with Crippen LogP contribution in [0.5, 0.6) is 0 Å². The Morgan fingerprint density at radius 1 is 1.32 bits per heavy atom. The summed E-state index contributed by atoms with van der Waals surface area (Å²) in [5.74, 6) is -0.462. The predicted octanol–water partition coefficient (Wildman–Crippen LogP) is 2.07. The van der Waals surface area contributed by atoms with E-state index in [1.165, 1.54) is 17.2 Å². The minimum Gasteiger partial charge on any atom is -0.338 e. The van der Waals surface area contributed by atoms with Crippen LogP contribution in [0.2, 0.25) is 0 Å². The molecule has 7 heteroatoms. The van der Waals surface area contributed by atoms with Gasteiger partial charge in [-0.15, -0.1) is 0 Å². The minimum absolute atomic E-state index is 0.00239. The Morgan fingerprint density at radius 3 is 2.76 bits per heavy atom. The lowest BCUT2D eigenvalue weighted by molar-refractivity contribution is 0.0747. The molecule has 3 rings (SSSR count). The van der Waals surface area contributed by atoms with Crippen molar-refractivity contribution in [3.63, 3.8) is 0 Å². The van der Waals surface area contributed by atoms with Crippen LogP contribution in [0.15, 0.2) is 42.7 Å². The lowest BCUT2D eigenvalue weighted by Crippen LogP contribution is -2.37. The number of hydrogen-bond acceptors (Lipinski definition) is 4. The highest BCUT2D eigenvalue weighted by Gasteiger charge is 2.33. The molecular formula is C18H19FN2O3S. The van der Waals surface area contributed by atoms with E-state index in [0.717, 1.165) is 5.56 Å². The molecule has 5 nitrogen and oxygen atoms in total. The summed E-state index contributed by atoms with van der Waals surface area (Å²) in [6.45, 7) is 0. The van der Waals surface area contributed by atoms with Crippen molar-refractivity contribution in [2.45, 2.75) is 18.9 Å². The number of benzene rings is 1. The number of nitrogens with zero attached hydrogens (tertiary/aromatic N) is 2. The van der Waals surface area contributed by atoms with Crippen molar-refractivity contribution in [1.29, 1.82) is 0 Å². The SMILES string of the molecule is CN(C(=O)c1cncc(Cc2ccccc2F)c1)[C@@H]1CCS(=O)(=O)C1. The molecule has 0 spiro atoms. The van der Waals surface area contributed by atoms with Gasteiger partial charge in [0.2, 0.25) is 0 Å². The first kappa shape index (κ1) is 17.5. The zero-order valence-electron chi connectivity index (χ0n) is 13.9. The van der Waals surface area contributed by atoms with Gasteiger partial charge in [-0.05, 0) is 29.7 Å². The smallest absolute Gasteiger partial charge is 0.255 e. The molecule has 0 bridgehead atoms. The zero-order chi connectivity index (χ0) is 18.0. The number of carbonyl (C=O) groups excluding carboxylic acids is 1.